The van der Waals surface area contributed by atoms with E-state index in [4.69, 9.17) is 28.9 Å². The molecule has 0 radical (unpaired) electrons. The zero-order valence-electron chi connectivity index (χ0n) is 10.7. The Labute approximate surface area is 126 Å². The Hall–Kier alpha value is -1.91. The van der Waals surface area contributed by atoms with Gasteiger partial charge in [-0.1, -0.05) is 23.2 Å². The van der Waals surface area contributed by atoms with Crippen molar-refractivity contribution in [2.45, 2.75) is 0 Å². The van der Waals surface area contributed by atoms with Gasteiger partial charge in [0.2, 0.25) is 0 Å². The second-order valence-corrected chi connectivity index (χ2v) is 4.95. The van der Waals surface area contributed by atoms with Crippen molar-refractivity contribution < 1.29 is 4.79 Å². The van der Waals surface area contributed by atoms with Gasteiger partial charge in [-0.2, -0.15) is 0 Å². The molecule has 2 aromatic carbocycles. The van der Waals surface area contributed by atoms with Crippen molar-refractivity contribution >= 4 is 46.2 Å². The molecule has 104 valence electrons. The van der Waals surface area contributed by atoms with Gasteiger partial charge in [-0.25, -0.2) is 0 Å². The molecule has 0 fully saturated rings. The van der Waals surface area contributed by atoms with Gasteiger partial charge in [0, 0.05) is 18.3 Å². The minimum absolute atomic E-state index is 0.183. The number of amides is 1. The molecule has 2 aromatic rings. The molecule has 2 rings (SSSR count). The molecule has 0 aliphatic carbocycles. The van der Waals surface area contributed by atoms with E-state index in [0.29, 0.717) is 27.0 Å². The highest BCUT2D eigenvalue weighted by Gasteiger charge is 2.07. The van der Waals surface area contributed by atoms with Crippen molar-refractivity contribution in [2.75, 3.05) is 18.1 Å². The van der Waals surface area contributed by atoms with Crippen molar-refractivity contribution in [1.82, 2.24) is 5.32 Å². The lowest BCUT2D eigenvalue weighted by Crippen LogP contribution is -2.17. The first-order valence-corrected chi connectivity index (χ1v) is 6.60. The number of benzene rings is 2. The molecule has 0 unspecified atom stereocenters. The second kappa shape index (κ2) is 6.03. The number of carbonyl (C=O) groups excluding carboxylic acids is 1. The molecular formula is C14H13Cl2N3O. The fourth-order valence-corrected chi connectivity index (χ4v) is 1.99. The summed E-state index contributed by atoms with van der Waals surface area (Å²) in [6.07, 6.45) is 0. The largest absolute Gasteiger partial charge is 0.397 e. The van der Waals surface area contributed by atoms with Crippen molar-refractivity contribution in [2.24, 2.45) is 0 Å². The summed E-state index contributed by atoms with van der Waals surface area (Å²) in [5, 5.41) is 6.61. The Morgan fingerprint density at radius 2 is 1.85 bits per heavy atom. The van der Waals surface area contributed by atoms with Crippen LogP contribution in [0.15, 0.2) is 36.4 Å². The number of hydrogen-bond donors (Lipinski definition) is 3. The van der Waals surface area contributed by atoms with E-state index in [1.165, 1.54) is 0 Å². The zero-order chi connectivity index (χ0) is 14.7. The Bertz CT molecular complexity index is 659. The van der Waals surface area contributed by atoms with Gasteiger partial charge in [-0.05, 0) is 36.4 Å². The third-order valence-corrected chi connectivity index (χ3v) is 3.48. The summed E-state index contributed by atoms with van der Waals surface area (Å²) in [4.78, 5) is 11.5. The molecule has 0 aliphatic heterocycles. The van der Waals surface area contributed by atoms with Crippen LogP contribution >= 0.6 is 23.2 Å². The van der Waals surface area contributed by atoms with E-state index < -0.39 is 0 Å². The first-order chi connectivity index (χ1) is 9.51. The van der Waals surface area contributed by atoms with Crippen LogP contribution in [0, 0.1) is 0 Å². The summed E-state index contributed by atoms with van der Waals surface area (Å²) in [5.74, 6) is -0.183. The minimum Gasteiger partial charge on any atom is -0.397 e. The zero-order valence-corrected chi connectivity index (χ0v) is 12.2. The minimum atomic E-state index is -0.183. The fourth-order valence-electron chi connectivity index (χ4n) is 1.69. The van der Waals surface area contributed by atoms with Gasteiger partial charge in [-0.3, -0.25) is 4.79 Å². The van der Waals surface area contributed by atoms with Gasteiger partial charge in [0.05, 0.1) is 21.4 Å². The molecule has 0 aromatic heterocycles. The van der Waals surface area contributed by atoms with Crippen LogP contribution in [0.3, 0.4) is 0 Å². The number of carbonyl (C=O) groups is 1. The molecule has 0 saturated carbocycles. The molecular weight excluding hydrogens is 297 g/mol. The van der Waals surface area contributed by atoms with Crippen molar-refractivity contribution in [1.29, 1.82) is 0 Å². The Kier molecular flexibility index (Phi) is 4.37. The SMILES string of the molecule is CNC(=O)c1ccc(Nc2ccc(Cl)c(Cl)c2)c(N)c1. The summed E-state index contributed by atoms with van der Waals surface area (Å²) in [6, 6.07) is 10.2. The molecule has 0 spiro atoms. The monoisotopic (exact) mass is 309 g/mol. The summed E-state index contributed by atoms with van der Waals surface area (Å²) >= 11 is 11.8. The first kappa shape index (κ1) is 14.5. The van der Waals surface area contributed by atoms with Crippen molar-refractivity contribution in [3.63, 3.8) is 0 Å². The topological polar surface area (TPSA) is 67.2 Å². The molecule has 1 amide bonds. The normalized spacial score (nSPS) is 10.2. The third kappa shape index (κ3) is 3.15. The standard InChI is InChI=1S/C14H13Cl2N3O/c1-18-14(20)8-2-5-13(12(17)6-8)19-9-3-4-10(15)11(16)7-9/h2-7,19H,17H2,1H3,(H,18,20). The molecule has 6 heteroatoms. The molecule has 0 atom stereocenters. The smallest absolute Gasteiger partial charge is 0.251 e. The van der Waals surface area contributed by atoms with E-state index in [9.17, 15) is 4.79 Å². The van der Waals surface area contributed by atoms with Gasteiger partial charge >= 0.3 is 0 Å². The maximum absolute atomic E-state index is 11.5. The van der Waals surface area contributed by atoms with Gasteiger partial charge in [-0.15, -0.1) is 0 Å². The molecule has 0 saturated heterocycles. The lowest BCUT2D eigenvalue weighted by molar-refractivity contribution is 0.0963. The Balaban J connectivity index is 2.25. The van der Waals surface area contributed by atoms with Crippen molar-refractivity contribution in [3.05, 3.63) is 52.0 Å². The molecule has 4 nitrogen and oxygen atoms in total. The average Bonchev–Trinajstić information content (AvgIpc) is 2.44. The maximum atomic E-state index is 11.5. The Morgan fingerprint density at radius 1 is 1.10 bits per heavy atom. The fraction of sp³-hybridized carbons (Fsp3) is 0.0714. The van der Waals surface area contributed by atoms with Crippen LogP contribution in [0.25, 0.3) is 0 Å². The third-order valence-electron chi connectivity index (χ3n) is 2.74. The summed E-state index contributed by atoms with van der Waals surface area (Å²) in [5.41, 5.74) is 8.36. The van der Waals surface area contributed by atoms with Crippen LogP contribution in [0.2, 0.25) is 10.0 Å². The van der Waals surface area contributed by atoms with E-state index in [1.807, 2.05) is 0 Å². The van der Waals surface area contributed by atoms with Crippen LogP contribution in [-0.4, -0.2) is 13.0 Å². The number of anilines is 3. The predicted octanol–water partition coefficient (Wildman–Crippen LogP) is 3.68. The summed E-state index contributed by atoms with van der Waals surface area (Å²) < 4.78 is 0. The number of nitrogens with two attached hydrogens (primary N) is 1. The van der Waals surface area contributed by atoms with E-state index >= 15 is 0 Å². The summed E-state index contributed by atoms with van der Waals surface area (Å²) in [7, 11) is 1.57. The second-order valence-electron chi connectivity index (χ2n) is 4.14. The van der Waals surface area contributed by atoms with Crippen LogP contribution in [0.4, 0.5) is 17.1 Å². The highest BCUT2D eigenvalue weighted by molar-refractivity contribution is 6.42. The van der Waals surface area contributed by atoms with Crippen molar-refractivity contribution in [3.8, 4) is 0 Å². The van der Waals surface area contributed by atoms with Gasteiger partial charge in [0.25, 0.3) is 5.91 Å². The maximum Gasteiger partial charge on any atom is 0.251 e. The van der Waals surface area contributed by atoms with E-state index in [1.54, 1.807) is 43.4 Å². The summed E-state index contributed by atoms with van der Waals surface area (Å²) in [6.45, 7) is 0. The molecule has 20 heavy (non-hydrogen) atoms. The highest BCUT2D eigenvalue weighted by atomic mass is 35.5. The quantitative estimate of drug-likeness (QED) is 0.758. The number of nitrogen functional groups attached to an aromatic ring is 1. The predicted molar refractivity (Wildman–Crippen MR) is 84.0 cm³/mol. The first-order valence-electron chi connectivity index (χ1n) is 5.85. The number of halogens is 2. The van der Waals surface area contributed by atoms with Crippen LogP contribution in [-0.2, 0) is 0 Å². The molecule has 0 aliphatic rings. The number of hydrogen-bond acceptors (Lipinski definition) is 3. The Morgan fingerprint density at radius 3 is 2.45 bits per heavy atom. The number of nitrogens with one attached hydrogen (secondary N) is 2. The molecule has 4 N–H and O–H groups in total. The molecule has 0 bridgehead atoms. The number of rotatable bonds is 3. The van der Waals surface area contributed by atoms with Crippen LogP contribution in [0.5, 0.6) is 0 Å². The van der Waals surface area contributed by atoms with Gasteiger partial charge < -0.3 is 16.4 Å². The van der Waals surface area contributed by atoms with Crippen LogP contribution < -0.4 is 16.4 Å². The van der Waals surface area contributed by atoms with Gasteiger partial charge in [0.1, 0.15) is 0 Å². The molecule has 0 heterocycles. The van der Waals surface area contributed by atoms with Gasteiger partial charge in [0.15, 0.2) is 0 Å². The van der Waals surface area contributed by atoms with E-state index in [-0.39, 0.29) is 5.91 Å². The van der Waals surface area contributed by atoms with E-state index in [0.717, 1.165) is 5.69 Å². The van der Waals surface area contributed by atoms with Crippen LogP contribution in [0.1, 0.15) is 10.4 Å². The highest BCUT2D eigenvalue weighted by Crippen LogP contribution is 2.29. The van der Waals surface area contributed by atoms with E-state index in [2.05, 4.69) is 10.6 Å². The lowest BCUT2D eigenvalue weighted by atomic mass is 10.1. The lowest BCUT2D eigenvalue weighted by Gasteiger charge is -2.11. The average molecular weight is 310 g/mol.